The van der Waals surface area contributed by atoms with Crippen molar-refractivity contribution in [1.82, 2.24) is 9.71 Å². The van der Waals surface area contributed by atoms with Crippen molar-refractivity contribution in [2.45, 2.75) is 24.7 Å². The first kappa shape index (κ1) is 14.7. The largest absolute Gasteiger partial charge is 0.381 e. The van der Waals surface area contributed by atoms with Crippen LogP contribution < -0.4 is 4.72 Å². The molecule has 0 bridgehead atoms. The molecule has 2 heterocycles. The third-order valence-electron chi connectivity index (χ3n) is 3.40. The summed E-state index contributed by atoms with van der Waals surface area (Å²) in [6, 6.07) is 2.77. The van der Waals surface area contributed by atoms with Crippen LogP contribution in [-0.2, 0) is 14.8 Å². The summed E-state index contributed by atoms with van der Waals surface area (Å²) in [4.78, 5) is 3.92. The van der Waals surface area contributed by atoms with E-state index in [-0.39, 0.29) is 15.5 Å². The molecule has 1 aliphatic rings. The summed E-state index contributed by atoms with van der Waals surface area (Å²) in [7, 11) is -3.54. The minimum absolute atomic E-state index is 0.0534. The number of aromatic nitrogens is 1. The van der Waals surface area contributed by atoms with Gasteiger partial charge in [0, 0.05) is 26.0 Å². The van der Waals surface area contributed by atoms with Crippen LogP contribution in [0.1, 0.15) is 19.8 Å². The molecule has 1 aromatic rings. The second-order valence-electron chi connectivity index (χ2n) is 5.06. The molecule has 19 heavy (non-hydrogen) atoms. The van der Waals surface area contributed by atoms with Crippen molar-refractivity contribution in [3.05, 3.63) is 23.5 Å². The molecular weight excluding hydrogens is 288 g/mol. The van der Waals surface area contributed by atoms with Crippen LogP contribution in [0.5, 0.6) is 0 Å². The van der Waals surface area contributed by atoms with Crippen LogP contribution in [0.4, 0.5) is 0 Å². The number of rotatable bonds is 4. The van der Waals surface area contributed by atoms with Gasteiger partial charge in [-0.2, -0.15) is 0 Å². The molecule has 1 fully saturated rings. The second-order valence-corrected chi connectivity index (χ2v) is 7.22. The zero-order valence-corrected chi connectivity index (χ0v) is 12.3. The Balaban J connectivity index is 2.05. The van der Waals surface area contributed by atoms with Gasteiger partial charge in [0.2, 0.25) is 10.0 Å². The molecule has 1 aromatic heterocycles. The molecule has 0 saturated carbocycles. The van der Waals surface area contributed by atoms with Gasteiger partial charge >= 0.3 is 0 Å². The van der Waals surface area contributed by atoms with Crippen LogP contribution >= 0.6 is 11.6 Å². The van der Waals surface area contributed by atoms with E-state index in [2.05, 4.69) is 16.6 Å². The number of nitrogens with zero attached hydrogens (tertiary/aromatic N) is 1. The molecule has 0 atom stereocenters. The Morgan fingerprint density at radius 2 is 2.16 bits per heavy atom. The lowest BCUT2D eigenvalue weighted by molar-refractivity contribution is 0.0265. The molecule has 5 nitrogen and oxygen atoms in total. The zero-order valence-electron chi connectivity index (χ0n) is 10.7. The van der Waals surface area contributed by atoms with Crippen LogP contribution in [0, 0.1) is 5.41 Å². The fourth-order valence-corrected chi connectivity index (χ4v) is 3.40. The Labute approximate surface area is 118 Å². The molecule has 0 unspecified atom stereocenters. The molecule has 0 amide bonds. The lowest BCUT2D eigenvalue weighted by atomic mass is 9.83. The van der Waals surface area contributed by atoms with Crippen molar-refractivity contribution in [2.75, 3.05) is 19.8 Å². The average molecular weight is 305 g/mol. The first-order valence-corrected chi connectivity index (χ1v) is 7.96. The molecule has 7 heteroatoms. The van der Waals surface area contributed by atoms with Crippen LogP contribution in [0.25, 0.3) is 0 Å². The van der Waals surface area contributed by atoms with Gasteiger partial charge < -0.3 is 4.74 Å². The molecule has 0 spiro atoms. The van der Waals surface area contributed by atoms with E-state index in [4.69, 9.17) is 16.3 Å². The van der Waals surface area contributed by atoms with Crippen molar-refractivity contribution in [3.63, 3.8) is 0 Å². The predicted molar refractivity (Wildman–Crippen MR) is 72.6 cm³/mol. The second kappa shape index (κ2) is 5.75. The van der Waals surface area contributed by atoms with Gasteiger partial charge in [0.15, 0.2) is 0 Å². The predicted octanol–water partition coefficient (Wildman–Crippen LogP) is 1.83. The molecule has 0 aliphatic carbocycles. The third kappa shape index (κ3) is 3.89. The lowest BCUT2D eigenvalue weighted by Crippen LogP contribution is -2.39. The highest BCUT2D eigenvalue weighted by Gasteiger charge is 2.29. The van der Waals surface area contributed by atoms with Crippen LogP contribution in [-0.4, -0.2) is 33.2 Å². The monoisotopic (exact) mass is 304 g/mol. The van der Waals surface area contributed by atoms with Crippen molar-refractivity contribution in [2.24, 2.45) is 5.41 Å². The first-order chi connectivity index (χ1) is 8.91. The van der Waals surface area contributed by atoms with Gasteiger partial charge in [0.05, 0.1) is 4.90 Å². The Kier molecular flexibility index (Phi) is 4.45. The van der Waals surface area contributed by atoms with Crippen molar-refractivity contribution < 1.29 is 13.2 Å². The van der Waals surface area contributed by atoms with Gasteiger partial charge in [0.1, 0.15) is 5.15 Å². The number of hydrogen-bond acceptors (Lipinski definition) is 4. The van der Waals surface area contributed by atoms with Gasteiger partial charge in [-0.1, -0.05) is 18.5 Å². The van der Waals surface area contributed by atoms with Crippen LogP contribution in [0.2, 0.25) is 5.15 Å². The molecule has 0 aromatic carbocycles. The summed E-state index contributed by atoms with van der Waals surface area (Å²) in [5.41, 5.74) is -0.0534. The van der Waals surface area contributed by atoms with E-state index in [1.807, 2.05) is 0 Å². The average Bonchev–Trinajstić information content (AvgIpc) is 2.38. The first-order valence-electron chi connectivity index (χ1n) is 6.10. The Morgan fingerprint density at radius 1 is 1.47 bits per heavy atom. The molecular formula is C12H17ClN2O3S. The fraction of sp³-hybridized carbons (Fsp3) is 0.583. The number of hydrogen-bond donors (Lipinski definition) is 1. The Hall–Kier alpha value is -0.690. The maximum Gasteiger partial charge on any atom is 0.240 e. The van der Waals surface area contributed by atoms with E-state index >= 15 is 0 Å². The van der Waals surface area contributed by atoms with E-state index in [1.165, 1.54) is 18.3 Å². The Morgan fingerprint density at radius 3 is 2.79 bits per heavy atom. The van der Waals surface area contributed by atoms with Gasteiger partial charge in [0.25, 0.3) is 0 Å². The van der Waals surface area contributed by atoms with Gasteiger partial charge in [-0.15, -0.1) is 0 Å². The van der Waals surface area contributed by atoms with Crippen LogP contribution in [0.3, 0.4) is 0 Å². The van der Waals surface area contributed by atoms with E-state index in [9.17, 15) is 8.42 Å². The smallest absolute Gasteiger partial charge is 0.240 e. The highest BCUT2D eigenvalue weighted by Crippen LogP contribution is 2.29. The minimum Gasteiger partial charge on any atom is -0.381 e. The number of nitrogens with one attached hydrogen (secondary N) is 1. The molecule has 106 valence electrons. The van der Waals surface area contributed by atoms with Crippen molar-refractivity contribution in [3.8, 4) is 0 Å². The van der Waals surface area contributed by atoms with E-state index < -0.39 is 10.0 Å². The standard InChI is InChI=1S/C12H17ClN2O3S/c1-12(3-6-18-7-4-12)9-15-19(16,17)10-2-5-14-11(13)8-10/h2,5,8,15H,3-4,6-7,9H2,1H3. The summed E-state index contributed by atoms with van der Waals surface area (Å²) in [5, 5.41) is 0.167. The molecule has 1 saturated heterocycles. The summed E-state index contributed by atoms with van der Waals surface area (Å²) >= 11 is 5.71. The SMILES string of the molecule is CC1(CNS(=O)(=O)c2ccnc(Cl)c2)CCOCC1. The lowest BCUT2D eigenvalue weighted by Gasteiger charge is -2.33. The van der Waals surface area contributed by atoms with Gasteiger partial charge in [-0.25, -0.2) is 18.1 Å². The van der Waals surface area contributed by atoms with Crippen molar-refractivity contribution in [1.29, 1.82) is 0 Å². The maximum absolute atomic E-state index is 12.1. The third-order valence-corrected chi connectivity index (χ3v) is 5.00. The fourth-order valence-electron chi connectivity index (χ4n) is 1.95. The quantitative estimate of drug-likeness (QED) is 0.862. The number of ether oxygens (including phenoxy) is 1. The Bertz CT molecular complexity index is 542. The zero-order chi connectivity index (χ0) is 13.9. The maximum atomic E-state index is 12.1. The molecule has 1 N–H and O–H groups in total. The number of sulfonamides is 1. The molecule has 1 aliphatic heterocycles. The van der Waals surface area contributed by atoms with Gasteiger partial charge in [-0.3, -0.25) is 0 Å². The highest BCUT2D eigenvalue weighted by atomic mass is 35.5. The number of halogens is 1. The van der Waals surface area contributed by atoms with E-state index in [1.54, 1.807) is 0 Å². The topological polar surface area (TPSA) is 68.3 Å². The molecule has 0 radical (unpaired) electrons. The van der Waals surface area contributed by atoms with E-state index in [0.717, 1.165) is 12.8 Å². The minimum atomic E-state index is -3.54. The molecule has 2 rings (SSSR count). The summed E-state index contributed by atoms with van der Waals surface area (Å²) in [5.74, 6) is 0. The van der Waals surface area contributed by atoms with E-state index in [0.29, 0.717) is 19.8 Å². The number of pyridine rings is 1. The summed E-state index contributed by atoms with van der Waals surface area (Å²) in [6.07, 6.45) is 3.09. The summed E-state index contributed by atoms with van der Waals surface area (Å²) < 4.78 is 32.2. The van der Waals surface area contributed by atoms with Crippen LogP contribution in [0.15, 0.2) is 23.2 Å². The van der Waals surface area contributed by atoms with Gasteiger partial charge in [-0.05, 0) is 30.4 Å². The summed E-state index contributed by atoms with van der Waals surface area (Å²) in [6.45, 7) is 3.83. The highest BCUT2D eigenvalue weighted by molar-refractivity contribution is 7.89. The normalized spacial score (nSPS) is 19.3. The van der Waals surface area contributed by atoms with Crippen molar-refractivity contribution >= 4 is 21.6 Å².